The molecule has 25 heavy (non-hydrogen) atoms. The monoisotopic (exact) mass is 337 g/mol. The molecule has 1 aromatic carbocycles. The summed E-state index contributed by atoms with van der Waals surface area (Å²) in [5.41, 5.74) is 4.12. The minimum absolute atomic E-state index is 0.171. The number of aromatic nitrogens is 1. The fourth-order valence-electron chi connectivity index (χ4n) is 4.58. The van der Waals surface area contributed by atoms with Gasteiger partial charge in [-0.15, -0.1) is 0 Å². The molecule has 1 spiro atoms. The first-order valence-corrected chi connectivity index (χ1v) is 9.29. The summed E-state index contributed by atoms with van der Waals surface area (Å²) in [4.78, 5) is 9.07. The Bertz CT molecular complexity index is 710. The molecule has 3 heterocycles. The molecule has 1 saturated heterocycles. The van der Waals surface area contributed by atoms with Crippen molar-refractivity contribution in [3.8, 4) is 0 Å². The molecule has 1 fully saturated rings. The summed E-state index contributed by atoms with van der Waals surface area (Å²) in [7, 11) is 2.27. The van der Waals surface area contributed by atoms with Crippen LogP contribution in [0.3, 0.4) is 0 Å². The van der Waals surface area contributed by atoms with Crippen LogP contribution in [0.15, 0.2) is 48.8 Å². The third-order valence-electron chi connectivity index (χ3n) is 6.15. The highest BCUT2D eigenvalue weighted by Crippen LogP contribution is 2.42. The van der Waals surface area contributed by atoms with Crippen molar-refractivity contribution < 1.29 is 5.11 Å². The summed E-state index contributed by atoms with van der Waals surface area (Å²) >= 11 is 0. The van der Waals surface area contributed by atoms with Gasteiger partial charge in [-0.3, -0.25) is 9.88 Å². The zero-order valence-electron chi connectivity index (χ0n) is 14.9. The topological polar surface area (TPSA) is 39.6 Å². The first kappa shape index (κ1) is 16.7. The van der Waals surface area contributed by atoms with Crippen molar-refractivity contribution in [3.63, 3.8) is 0 Å². The molecule has 132 valence electrons. The third kappa shape index (κ3) is 3.10. The van der Waals surface area contributed by atoms with Gasteiger partial charge in [0.2, 0.25) is 0 Å². The molecule has 0 radical (unpaired) electrons. The van der Waals surface area contributed by atoms with Crippen LogP contribution in [-0.4, -0.2) is 53.1 Å². The van der Waals surface area contributed by atoms with Crippen molar-refractivity contribution in [2.75, 3.05) is 33.2 Å². The van der Waals surface area contributed by atoms with Crippen LogP contribution in [0.1, 0.15) is 35.6 Å². The molecule has 1 atom stereocenters. The second-order valence-corrected chi connectivity index (χ2v) is 7.46. The number of likely N-dealkylation sites (N-methyl/N-ethyl adjacent to an activating group) is 1. The molecule has 1 aromatic heterocycles. The highest BCUT2D eigenvalue weighted by molar-refractivity contribution is 5.37. The van der Waals surface area contributed by atoms with Crippen LogP contribution in [0.5, 0.6) is 0 Å². The molecule has 2 aromatic rings. The number of rotatable bonds is 3. The number of aliphatic hydroxyl groups is 1. The standard InChI is InChI=1S/C21H27N3O/c1-23-12-8-17-5-2-3-7-19(17)21(23)9-13-24(14-10-21)16-20(25)18-6-4-11-22-15-18/h2-7,11,15,20,25H,8-10,12-14,16H2,1H3. The largest absolute Gasteiger partial charge is 0.387 e. The lowest BCUT2D eigenvalue weighted by Crippen LogP contribution is -2.55. The van der Waals surface area contributed by atoms with E-state index in [4.69, 9.17) is 0 Å². The Labute approximate surface area is 150 Å². The fourth-order valence-corrected chi connectivity index (χ4v) is 4.58. The minimum atomic E-state index is -0.459. The van der Waals surface area contributed by atoms with Crippen LogP contribution in [0.25, 0.3) is 0 Å². The van der Waals surface area contributed by atoms with Gasteiger partial charge in [0.25, 0.3) is 0 Å². The van der Waals surface area contributed by atoms with Crippen LogP contribution >= 0.6 is 0 Å². The number of piperidine rings is 1. The molecule has 0 bridgehead atoms. The lowest BCUT2D eigenvalue weighted by atomic mass is 9.74. The van der Waals surface area contributed by atoms with E-state index in [0.29, 0.717) is 6.54 Å². The summed E-state index contributed by atoms with van der Waals surface area (Å²) in [6.07, 6.45) is 6.45. The maximum Gasteiger partial charge on any atom is 0.0931 e. The van der Waals surface area contributed by atoms with Gasteiger partial charge in [-0.2, -0.15) is 0 Å². The van der Waals surface area contributed by atoms with Crippen LogP contribution in [-0.2, 0) is 12.0 Å². The Balaban J connectivity index is 1.46. The first-order valence-electron chi connectivity index (χ1n) is 9.29. The number of fused-ring (bicyclic) bond motifs is 2. The third-order valence-corrected chi connectivity index (χ3v) is 6.15. The number of hydrogen-bond donors (Lipinski definition) is 1. The molecule has 0 amide bonds. The summed E-state index contributed by atoms with van der Waals surface area (Å²) in [5, 5.41) is 10.5. The van der Waals surface area contributed by atoms with E-state index < -0.39 is 6.10 Å². The van der Waals surface area contributed by atoms with Crippen molar-refractivity contribution >= 4 is 0 Å². The van der Waals surface area contributed by atoms with Crippen LogP contribution < -0.4 is 0 Å². The van der Waals surface area contributed by atoms with Gasteiger partial charge in [0.15, 0.2) is 0 Å². The van der Waals surface area contributed by atoms with E-state index in [2.05, 4.69) is 46.1 Å². The molecular formula is C21H27N3O. The molecule has 0 saturated carbocycles. The molecule has 1 N–H and O–H groups in total. The van der Waals surface area contributed by atoms with Crippen molar-refractivity contribution in [1.82, 2.24) is 14.8 Å². The molecule has 4 heteroatoms. The van der Waals surface area contributed by atoms with E-state index in [1.807, 2.05) is 12.1 Å². The lowest BCUT2D eigenvalue weighted by Gasteiger charge is -2.51. The van der Waals surface area contributed by atoms with E-state index in [1.165, 1.54) is 11.1 Å². The van der Waals surface area contributed by atoms with E-state index >= 15 is 0 Å². The average molecular weight is 337 g/mol. The second-order valence-electron chi connectivity index (χ2n) is 7.46. The van der Waals surface area contributed by atoms with Gasteiger partial charge in [0, 0.05) is 49.7 Å². The number of β-amino-alcohol motifs (C(OH)–C–C–N with tert-alkyl or cyclic N) is 1. The van der Waals surface area contributed by atoms with Gasteiger partial charge in [0.05, 0.1) is 6.10 Å². The van der Waals surface area contributed by atoms with E-state index in [9.17, 15) is 5.11 Å². The predicted molar refractivity (Wildman–Crippen MR) is 99.3 cm³/mol. The van der Waals surface area contributed by atoms with E-state index in [1.54, 1.807) is 12.4 Å². The Morgan fingerprint density at radius 1 is 1.12 bits per heavy atom. The average Bonchev–Trinajstić information content (AvgIpc) is 2.67. The van der Waals surface area contributed by atoms with Crippen LogP contribution in [0, 0.1) is 0 Å². The quantitative estimate of drug-likeness (QED) is 0.934. The highest BCUT2D eigenvalue weighted by Gasteiger charge is 2.42. The Morgan fingerprint density at radius 2 is 1.92 bits per heavy atom. The minimum Gasteiger partial charge on any atom is -0.387 e. The Hall–Kier alpha value is -1.75. The number of hydrogen-bond acceptors (Lipinski definition) is 4. The molecule has 2 aliphatic rings. The predicted octanol–water partition coefficient (Wildman–Crippen LogP) is 2.59. The van der Waals surface area contributed by atoms with Crippen LogP contribution in [0.4, 0.5) is 0 Å². The van der Waals surface area contributed by atoms with Gasteiger partial charge in [-0.05, 0) is 43.5 Å². The normalized spacial score (nSPS) is 21.8. The Kier molecular flexibility index (Phi) is 4.59. The molecular weight excluding hydrogens is 310 g/mol. The molecule has 0 aliphatic carbocycles. The Morgan fingerprint density at radius 3 is 2.68 bits per heavy atom. The van der Waals surface area contributed by atoms with E-state index in [-0.39, 0.29) is 5.54 Å². The van der Waals surface area contributed by atoms with E-state index in [0.717, 1.165) is 44.5 Å². The van der Waals surface area contributed by atoms with Crippen molar-refractivity contribution in [2.24, 2.45) is 0 Å². The summed E-state index contributed by atoms with van der Waals surface area (Å²) in [6, 6.07) is 12.8. The SMILES string of the molecule is CN1CCc2ccccc2C12CCN(CC(O)c1cccnc1)CC2. The summed E-state index contributed by atoms with van der Waals surface area (Å²) < 4.78 is 0. The number of likely N-dealkylation sites (tertiary alicyclic amines) is 1. The smallest absolute Gasteiger partial charge is 0.0931 e. The van der Waals surface area contributed by atoms with Gasteiger partial charge >= 0.3 is 0 Å². The van der Waals surface area contributed by atoms with Crippen molar-refractivity contribution in [1.29, 1.82) is 0 Å². The zero-order chi connectivity index (χ0) is 17.3. The van der Waals surface area contributed by atoms with Gasteiger partial charge < -0.3 is 10.0 Å². The van der Waals surface area contributed by atoms with Crippen molar-refractivity contribution in [2.45, 2.75) is 30.9 Å². The number of benzene rings is 1. The fraction of sp³-hybridized carbons (Fsp3) is 0.476. The maximum atomic E-state index is 10.5. The number of pyridine rings is 1. The van der Waals surface area contributed by atoms with Gasteiger partial charge in [-0.25, -0.2) is 0 Å². The number of aliphatic hydroxyl groups excluding tert-OH is 1. The molecule has 2 aliphatic heterocycles. The maximum absolute atomic E-state index is 10.5. The summed E-state index contributed by atoms with van der Waals surface area (Å²) in [5.74, 6) is 0. The second kappa shape index (κ2) is 6.87. The summed E-state index contributed by atoms with van der Waals surface area (Å²) in [6.45, 7) is 3.87. The van der Waals surface area contributed by atoms with Crippen LogP contribution in [0.2, 0.25) is 0 Å². The number of nitrogens with zero attached hydrogens (tertiary/aromatic N) is 3. The lowest BCUT2D eigenvalue weighted by molar-refractivity contribution is 0.0117. The van der Waals surface area contributed by atoms with Gasteiger partial charge in [0.1, 0.15) is 0 Å². The van der Waals surface area contributed by atoms with Crippen molar-refractivity contribution in [3.05, 3.63) is 65.5 Å². The molecule has 1 unspecified atom stereocenters. The van der Waals surface area contributed by atoms with Gasteiger partial charge in [-0.1, -0.05) is 30.3 Å². The zero-order valence-corrected chi connectivity index (χ0v) is 14.9. The molecule has 4 rings (SSSR count). The highest BCUT2D eigenvalue weighted by atomic mass is 16.3. The first-order chi connectivity index (χ1) is 12.2. The molecule has 4 nitrogen and oxygen atoms in total.